The standard InChI is InChI=1S/C18H26N4S.HI/c1-5-16-11-20-17(23-16)12-22-18(19-4)21-10-14(3)15-8-6-13(2)7-9-15;/h6-9,11,14H,5,10,12H2,1-4H3,(H2,19,21,22);1H. The fourth-order valence-electron chi connectivity index (χ4n) is 2.24. The van der Waals surface area contributed by atoms with Crippen LogP contribution in [0.15, 0.2) is 35.5 Å². The number of aromatic nitrogens is 1. The van der Waals surface area contributed by atoms with Crippen molar-refractivity contribution >= 4 is 41.3 Å². The van der Waals surface area contributed by atoms with E-state index in [4.69, 9.17) is 0 Å². The number of hydrogen-bond donors (Lipinski definition) is 2. The van der Waals surface area contributed by atoms with Crippen LogP contribution in [0.1, 0.15) is 40.8 Å². The maximum Gasteiger partial charge on any atom is 0.191 e. The van der Waals surface area contributed by atoms with E-state index in [9.17, 15) is 0 Å². The molecule has 2 aromatic rings. The minimum absolute atomic E-state index is 0. The lowest BCUT2D eigenvalue weighted by molar-refractivity contribution is 0.698. The van der Waals surface area contributed by atoms with Gasteiger partial charge in [0.2, 0.25) is 0 Å². The Morgan fingerprint density at radius 3 is 2.54 bits per heavy atom. The maximum atomic E-state index is 4.42. The highest BCUT2D eigenvalue weighted by atomic mass is 127. The second-order valence-electron chi connectivity index (χ2n) is 5.69. The van der Waals surface area contributed by atoms with E-state index < -0.39 is 0 Å². The molecule has 24 heavy (non-hydrogen) atoms. The third-order valence-corrected chi connectivity index (χ3v) is 4.94. The molecule has 1 aromatic heterocycles. The van der Waals surface area contributed by atoms with Gasteiger partial charge in [-0.25, -0.2) is 4.98 Å². The molecule has 1 atom stereocenters. The predicted octanol–water partition coefficient (Wildman–Crippen LogP) is 4.10. The van der Waals surface area contributed by atoms with E-state index in [0.29, 0.717) is 12.5 Å². The molecule has 6 heteroatoms. The molecule has 4 nitrogen and oxygen atoms in total. The Morgan fingerprint density at radius 2 is 1.96 bits per heavy atom. The normalized spacial score (nSPS) is 12.4. The van der Waals surface area contributed by atoms with Gasteiger partial charge >= 0.3 is 0 Å². The van der Waals surface area contributed by atoms with E-state index in [1.165, 1.54) is 16.0 Å². The van der Waals surface area contributed by atoms with Gasteiger partial charge in [-0.3, -0.25) is 4.99 Å². The Hall–Kier alpha value is -1.15. The van der Waals surface area contributed by atoms with Crippen LogP contribution in [-0.2, 0) is 13.0 Å². The van der Waals surface area contributed by atoms with E-state index in [0.717, 1.165) is 23.9 Å². The summed E-state index contributed by atoms with van der Waals surface area (Å²) in [6.45, 7) is 8.04. The predicted molar refractivity (Wildman–Crippen MR) is 115 cm³/mol. The average Bonchev–Trinajstić information content (AvgIpc) is 3.03. The Balaban J connectivity index is 0.00000288. The van der Waals surface area contributed by atoms with Crippen molar-refractivity contribution in [3.63, 3.8) is 0 Å². The lowest BCUT2D eigenvalue weighted by Gasteiger charge is -2.16. The number of thiazole rings is 1. The van der Waals surface area contributed by atoms with Crippen LogP contribution in [0.3, 0.4) is 0 Å². The summed E-state index contributed by atoms with van der Waals surface area (Å²) in [6, 6.07) is 8.71. The zero-order chi connectivity index (χ0) is 16.7. The summed E-state index contributed by atoms with van der Waals surface area (Å²) in [6.07, 6.45) is 3.00. The Bertz CT molecular complexity index is 637. The van der Waals surface area contributed by atoms with Crippen LogP contribution in [0.4, 0.5) is 0 Å². The van der Waals surface area contributed by atoms with Gasteiger partial charge in [0.25, 0.3) is 0 Å². The van der Waals surface area contributed by atoms with Gasteiger partial charge < -0.3 is 10.6 Å². The first-order valence-corrected chi connectivity index (χ1v) is 8.88. The quantitative estimate of drug-likeness (QED) is 0.389. The van der Waals surface area contributed by atoms with Crippen molar-refractivity contribution in [1.29, 1.82) is 0 Å². The van der Waals surface area contributed by atoms with Crippen molar-refractivity contribution in [2.75, 3.05) is 13.6 Å². The molecule has 0 bridgehead atoms. The van der Waals surface area contributed by atoms with E-state index >= 15 is 0 Å². The van der Waals surface area contributed by atoms with Crippen LogP contribution >= 0.6 is 35.3 Å². The molecule has 1 aromatic carbocycles. The van der Waals surface area contributed by atoms with Crippen molar-refractivity contribution in [3.8, 4) is 0 Å². The van der Waals surface area contributed by atoms with Crippen LogP contribution in [-0.4, -0.2) is 24.5 Å². The van der Waals surface area contributed by atoms with Gasteiger partial charge in [0.05, 0.1) is 6.54 Å². The van der Waals surface area contributed by atoms with Gasteiger partial charge in [-0.05, 0) is 24.8 Å². The number of rotatable bonds is 6. The molecule has 0 aliphatic rings. The van der Waals surface area contributed by atoms with Gasteiger partial charge in [0.1, 0.15) is 5.01 Å². The van der Waals surface area contributed by atoms with Crippen LogP contribution in [0.5, 0.6) is 0 Å². The molecule has 1 heterocycles. The van der Waals surface area contributed by atoms with Gasteiger partial charge in [-0.15, -0.1) is 35.3 Å². The molecule has 0 fully saturated rings. The molecule has 0 amide bonds. The first-order valence-electron chi connectivity index (χ1n) is 8.07. The lowest BCUT2D eigenvalue weighted by Crippen LogP contribution is -2.38. The van der Waals surface area contributed by atoms with Gasteiger partial charge in [-0.2, -0.15) is 0 Å². The number of hydrogen-bond acceptors (Lipinski definition) is 3. The highest BCUT2D eigenvalue weighted by Gasteiger charge is 2.07. The average molecular weight is 458 g/mol. The Kier molecular flexibility index (Phi) is 9.28. The van der Waals surface area contributed by atoms with Gasteiger partial charge in [-0.1, -0.05) is 43.7 Å². The topological polar surface area (TPSA) is 49.3 Å². The van der Waals surface area contributed by atoms with Crippen LogP contribution in [0.25, 0.3) is 0 Å². The first-order chi connectivity index (χ1) is 11.1. The van der Waals surface area contributed by atoms with Crippen molar-refractivity contribution < 1.29 is 0 Å². The number of benzene rings is 1. The molecule has 0 saturated carbocycles. The molecule has 2 rings (SSSR count). The van der Waals surface area contributed by atoms with Crippen molar-refractivity contribution in [2.45, 2.75) is 39.7 Å². The molecule has 0 aliphatic carbocycles. The number of nitrogens with one attached hydrogen (secondary N) is 2. The second-order valence-corrected chi connectivity index (χ2v) is 6.89. The van der Waals surface area contributed by atoms with Crippen LogP contribution in [0.2, 0.25) is 0 Å². The Labute approximate surface area is 166 Å². The van der Waals surface area contributed by atoms with E-state index in [-0.39, 0.29) is 24.0 Å². The number of nitrogens with zero attached hydrogens (tertiary/aromatic N) is 2. The van der Waals surface area contributed by atoms with E-state index in [2.05, 4.69) is 65.6 Å². The van der Waals surface area contributed by atoms with E-state index in [1.807, 2.05) is 6.20 Å². The summed E-state index contributed by atoms with van der Waals surface area (Å²) < 4.78 is 0. The Morgan fingerprint density at radius 1 is 1.25 bits per heavy atom. The largest absolute Gasteiger partial charge is 0.356 e. The number of aryl methyl sites for hydroxylation is 2. The highest BCUT2D eigenvalue weighted by molar-refractivity contribution is 14.0. The zero-order valence-electron chi connectivity index (χ0n) is 14.8. The van der Waals surface area contributed by atoms with Gasteiger partial charge in [0, 0.05) is 24.7 Å². The molecule has 132 valence electrons. The van der Waals surface area contributed by atoms with Crippen LogP contribution < -0.4 is 10.6 Å². The third-order valence-electron chi connectivity index (χ3n) is 3.80. The molecular weight excluding hydrogens is 431 g/mol. The summed E-state index contributed by atoms with van der Waals surface area (Å²) >= 11 is 1.75. The molecule has 1 unspecified atom stereocenters. The summed E-state index contributed by atoms with van der Waals surface area (Å²) in [7, 11) is 1.80. The maximum absolute atomic E-state index is 4.42. The minimum Gasteiger partial charge on any atom is -0.356 e. The molecule has 0 aliphatic heterocycles. The van der Waals surface area contributed by atoms with E-state index in [1.54, 1.807) is 18.4 Å². The third kappa shape index (κ3) is 6.39. The summed E-state index contributed by atoms with van der Waals surface area (Å²) in [5.41, 5.74) is 2.63. The van der Waals surface area contributed by atoms with Crippen molar-refractivity contribution in [2.24, 2.45) is 4.99 Å². The minimum atomic E-state index is 0. The SMILES string of the molecule is CCc1cnc(CNC(=NC)NCC(C)c2ccc(C)cc2)s1.I. The first kappa shape index (κ1) is 20.9. The number of aliphatic imine (C=N–C) groups is 1. The molecular formula is C18H27IN4S. The van der Waals surface area contributed by atoms with Crippen molar-refractivity contribution in [3.05, 3.63) is 51.5 Å². The number of halogens is 1. The lowest BCUT2D eigenvalue weighted by atomic mass is 10.0. The summed E-state index contributed by atoms with van der Waals surface area (Å²) in [5, 5.41) is 7.81. The molecule has 0 spiro atoms. The second kappa shape index (κ2) is 10.7. The zero-order valence-corrected chi connectivity index (χ0v) is 17.9. The molecule has 0 saturated heterocycles. The summed E-state index contributed by atoms with van der Waals surface area (Å²) in [4.78, 5) is 10.0. The fourth-order valence-corrected chi connectivity index (χ4v) is 3.04. The molecule has 2 N–H and O–H groups in total. The smallest absolute Gasteiger partial charge is 0.191 e. The number of guanidine groups is 1. The highest BCUT2D eigenvalue weighted by Crippen LogP contribution is 2.15. The van der Waals surface area contributed by atoms with Crippen LogP contribution in [0, 0.1) is 6.92 Å². The molecule has 0 radical (unpaired) electrons. The van der Waals surface area contributed by atoms with Crippen molar-refractivity contribution in [1.82, 2.24) is 15.6 Å². The fraction of sp³-hybridized carbons (Fsp3) is 0.444. The monoisotopic (exact) mass is 458 g/mol. The summed E-state index contributed by atoms with van der Waals surface area (Å²) in [5.74, 6) is 1.25. The van der Waals surface area contributed by atoms with Gasteiger partial charge in [0.15, 0.2) is 5.96 Å².